The van der Waals surface area contributed by atoms with Gasteiger partial charge in [0.1, 0.15) is 6.10 Å². The van der Waals surface area contributed by atoms with Gasteiger partial charge in [-0.1, -0.05) is 20.8 Å². The standard InChI is InChI=1S/C26H42O5/c1-15(5-8-24(29)30)19-6-7-20-18-14-23(28)22-13-17(31-16(2)27)9-11-26(22,4)21(18)10-12-25(19,20)3/h15,17-23,28H,5-14H2,1-4H3,(H,29,30)/t15-,17-,18+,19-,20+,21+,22+,23+,25-,26-/m1/s1. The molecule has 176 valence electrons. The molecule has 4 saturated carbocycles. The van der Waals surface area contributed by atoms with Gasteiger partial charge in [-0.15, -0.1) is 0 Å². The van der Waals surface area contributed by atoms with Crippen LogP contribution in [0.1, 0.15) is 91.9 Å². The molecule has 0 aromatic carbocycles. The Morgan fingerprint density at radius 1 is 1.00 bits per heavy atom. The number of rotatable bonds is 5. The lowest BCUT2D eigenvalue weighted by Gasteiger charge is -2.62. The van der Waals surface area contributed by atoms with Gasteiger partial charge < -0.3 is 14.9 Å². The Morgan fingerprint density at radius 2 is 1.68 bits per heavy atom. The Bertz CT molecular complexity index is 706. The highest BCUT2D eigenvalue weighted by atomic mass is 16.5. The molecule has 5 heteroatoms. The topological polar surface area (TPSA) is 83.8 Å². The smallest absolute Gasteiger partial charge is 0.303 e. The molecule has 0 aromatic rings. The number of carbonyl (C=O) groups excluding carboxylic acids is 1. The van der Waals surface area contributed by atoms with Crippen LogP contribution in [-0.2, 0) is 14.3 Å². The zero-order valence-corrected chi connectivity index (χ0v) is 19.8. The summed E-state index contributed by atoms with van der Waals surface area (Å²) < 4.78 is 5.54. The quantitative estimate of drug-likeness (QED) is 0.592. The highest BCUT2D eigenvalue weighted by Crippen LogP contribution is 2.68. The summed E-state index contributed by atoms with van der Waals surface area (Å²) in [6, 6.07) is 0. The van der Waals surface area contributed by atoms with Gasteiger partial charge in [-0.2, -0.15) is 0 Å². The van der Waals surface area contributed by atoms with Crippen LogP contribution in [0.15, 0.2) is 0 Å². The van der Waals surface area contributed by atoms with Crippen molar-refractivity contribution in [1.82, 2.24) is 0 Å². The van der Waals surface area contributed by atoms with Gasteiger partial charge in [0.15, 0.2) is 0 Å². The van der Waals surface area contributed by atoms with E-state index in [1.807, 2.05) is 0 Å². The molecule has 0 heterocycles. The minimum absolute atomic E-state index is 0.0402. The molecule has 5 nitrogen and oxygen atoms in total. The first-order valence-electron chi connectivity index (χ1n) is 12.6. The minimum Gasteiger partial charge on any atom is -0.481 e. The van der Waals surface area contributed by atoms with E-state index >= 15 is 0 Å². The van der Waals surface area contributed by atoms with Gasteiger partial charge in [-0.3, -0.25) is 9.59 Å². The SMILES string of the molecule is CC(=O)O[C@@H]1CC[C@]2(C)[C@H]3CC[C@]4(C)[C@@H]([C@H](C)CCC(=O)O)CC[C@H]4[C@@H]3C[C@H](O)[C@@H]2C1. The third-order valence-corrected chi connectivity index (χ3v) is 10.5. The summed E-state index contributed by atoms with van der Waals surface area (Å²) in [6.07, 6.45) is 9.21. The van der Waals surface area contributed by atoms with Gasteiger partial charge in [-0.05, 0) is 104 Å². The Hall–Kier alpha value is -1.10. The van der Waals surface area contributed by atoms with Crippen molar-refractivity contribution < 1.29 is 24.5 Å². The van der Waals surface area contributed by atoms with E-state index in [1.165, 1.54) is 32.6 Å². The monoisotopic (exact) mass is 434 g/mol. The maximum atomic E-state index is 11.5. The van der Waals surface area contributed by atoms with Crippen molar-refractivity contribution in [2.24, 2.45) is 46.3 Å². The lowest BCUT2D eigenvalue weighted by atomic mass is 9.43. The molecule has 0 unspecified atom stereocenters. The van der Waals surface area contributed by atoms with Gasteiger partial charge >= 0.3 is 11.9 Å². The number of hydrogen-bond acceptors (Lipinski definition) is 4. The van der Waals surface area contributed by atoms with Gasteiger partial charge in [-0.25, -0.2) is 0 Å². The number of aliphatic hydroxyl groups excluding tert-OH is 1. The summed E-state index contributed by atoms with van der Waals surface area (Å²) >= 11 is 0. The summed E-state index contributed by atoms with van der Waals surface area (Å²) in [5.74, 6) is 2.22. The predicted molar refractivity (Wildman–Crippen MR) is 118 cm³/mol. The lowest BCUT2D eigenvalue weighted by Crippen LogP contribution is -2.58. The van der Waals surface area contributed by atoms with Crippen molar-refractivity contribution in [2.75, 3.05) is 0 Å². The van der Waals surface area contributed by atoms with Crippen LogP contribution < -0.4 is 0 Å². The number of esters is 1. The van der Waals surface area contributed by atoms with Crippen molar-refractivity contribution in [3.8, 4) is 0 Å². The molecular weight excluding hydrogens is 392 g/mol. The zero-order valence-electron chi connectivity index (χ0n) is 19.8. The van der Waals surface area contributed by atoms with Crippen LogP contribution in [0, 0.1) is 46.3 Å². The van der Waals surface area contributed by atoms with E-state index < -0.39 is 5.97 Å². The molecule has 0 radical (unpaired) electrons. The van der Waals surface area contributed by atoms with Crippen molar-refractivity contribution in [2.45, 2.75) is 104 Å². The Morgan fingerprint density at radius 3 is 2.35 bits per heavy atom. The third kappa shape index (κ3) is 3.94. The molecule has 0 saturated heterocycles. The molecule has 0 aliphatic heterocycles. The number of aliphatic hydroxyl groups is 1. The highest BCUT2D eigenvalue weighted by molar-refractivity contribution is 5.66. The van der Waals surface area contributed by atoms with Crippen LogP contribution in [0.2, 0.25) is 0 Å². The summed E-state index contributed by atoms with van der Waals surface area (Å²) in [4.78, 5) is 22.6. The number of fused-ring (bicyclic) bond motifs is 5. The van der Waals surface area contributed by atoms with E-state index in [2.05, 4.69) is 20.8 Å². The van der Waals surface area contributed by atoms with E-state index in [4.69, 9.17) is 9.84 Å². The number of ether oxygens (including phenoxy) is 1. The molecule has 10 atom stereocenters. The number of hydrogen-bond donors (Lipinski definition) is 2. The number of aliphatic carboxylic acids is 1. The maximum absolute atomic E-state index is 11.5. The van der Waals surface area contributed by atoms with Crippen molar-refractivity contribution in [3.05, 3.63) is 0 Å². The Kier molecular flexibility index (Phi) is 6.22. The van der Waals surface area contributed by atoms with E-state index in [1.54, 1.807) is 0 Å². The fourth-order valence-corrected chi connectivity index (χ4v) is 9.13. The second-order valence-corrected chi connectivity index (χ2v) is 11.9. The van der Waals surface area contributed by atoms with Crippen LogP contribution >= 0.6 is 0 Å². The third-order valence-electron chi connectivity index (χ3n) is 10.5. The molecule has 0 spiro atoms. The molecule has 2 N–H and O–H groups in total. The number of carboxylic acids is 1. The van der Waals surface area contributed by atoms with Crippen LogP contribution in [0.3, 0.4) is 0 Å². The van der Waals surface area contributed by atoms with Crippen LogP contribution in [0.4, 0.5) is 0 Å². The molecule has 4 aliphatic carbocycles. The number of carbonyl (C=O) groups is 2. The second-order valence-electron chi connectivity index (χ2n) is 11.9. The predicted octanol–water partition coefficient (Wildman–Crippen LogP) is 5.05. The van der Waals surface area contributed by atoms with E-state index in [0.29, 0.717) is 29.6 Å². The maximum Gasteiger partial charge on any atom is 0.303 e. The first kappa shape index (κ1) is 23.1. The summed E-state index contributed by atoms with van der Waals surface area (Å²) in [5, 5.41) is 20.4. The minimum atomic E-state index is -0.686. The van der Waals surface area contributed by atoms with Crippen molar-refractivity contribution in [1.29, 1.82) is 0 Å². The molecule has 4 fully saturated rings. The van der Waals surface area contributed by atoms with Crippen LogP contribution in [0.5, 0.6) is 0 Å². The Labute approximate surface area is 187 Å². The fourth-order valence-electron chi connectivity index (χ4n) is 9.13. The molecule has 4 aliphatic rings. The zero-order chi connectivity index (χ0) is 22.6. The molecule has 0 bridgehead atoms. The molecular formula is C26H42O5. The normalized spacial score (nSPS) is 47.6. The molecule has 0 aromatic heterocycles. The summed E-state index contributed by atoms with van der Waals surface area (Å²) in [5.41, 5.74) is 0.407. The Balaban J connectivity index is 1.51. The van der Waals surface area contributed by atoms with E-state index in [0.717, 1.165) is 32.1 Å². The first-order chi connectivity index (χ1) is 14.6. The van der Waals surface area contributed by atoms with Gasteiger partial charge in [0.05, 0.1) is 6.10 Å². The van der Waals surface area contributed by atoms with E-state index in [-0.39, 0.29) is 41.3 Å². The first-order valence-corrected chi connectivity index (χ1v) is 12.6. The van der Waals surface area contributed by atoms with Crippen molar-refractivity contribution >= 4 is 11.9 Å². The molecule has 0 amide bonds. The molecule has 31 heavy (non-hydrogen) atoms. The van der Waals surface area contributed by atoms with Gasteiger partial charge in [0.2, 0.25) is 0 Å². The summed E-state index contributed by atoms with van der Waals surface area (Å²) in [6.45, 7) is 8.63. The number of carboxylic acid groups (broad SMARTS) is 1. The van der Waals surface area contributed by atoms with Crippen molar-refractivity contribution in [3.63, 3.8) is 0 Å². The summed E-state index contributed by atoms with van der Waals surface area (Å²) in [7, 11) is 0. The average molecular weight is 435 g/mol. The largest absolute Gasteiger partial charge is 0.481 e. The van der Waals surface area contributed by atoms with Crippen LogP contribution in [-0.4, -0.2) is 34.4 Å². The highest BCUT2D eigenvalue weighted by Gasteiger charge is 2.62. The average Bonchev–Trinajstić information content (AvgIpc) is 3.04. The van der Waals surface area contributed by atoms with Gasteiger partial charge in [0, 0.05) is 13.3 Å². The fraction of sp³-hybridized carbons (Fsp3) is 0.923. The van der Waals surface area contributed by atoms with Gasteiger partial charge in [0.25, 0.3) is 0 Å². The second kappa shape index (κ2) is 8.35. The lowest BCUT2D eigenvalue weighted by molar-refractivity contribution is -0.182. The van der Waals surface area contributed by atoms with Crippen LogP contribution in [0.25, 0.3) is 0 Å². The molecule has 4 rings (SSSR count). The van der Waals surface area contributed by atoms with E-state index in [9.17, 15) is 14.7 Å².